The maximum Gasteiger partial charge on any atom is 0.312 e. The van der Waals surface area contributed by atoms with Gasteiger partial charge in [-0.3, -0.25) is 10.1 Å². The van der Waals surface area contributed by atoms with Crippen LogP contribution in [-0.2, 0) is 4.74 Å². The number of aliphatic hydroxyl groups is 1. The molecule has 0 aliphatic heterocycles. The zero-order chi connectivity index (χ0) is 13.3. The molecule has 1 aromatic rings. The summed E-state index contributed by atoms with van der Waals surface area (Å²) in [6.45, 7) is 0. The third kappa shape index (κ3) is 2.33. The molecule has 98 valence electrons. The molecular weight excluding hydrogens is 306 g/mol. The maximum atomic E-state index is 10.9. The summed E-state index contributed by atoms with van der Waals surface area (Å²) in [5, 5.41) is 20.4. The summed E-state index contributed by atoms with van der Waals surface area (Å²) in [4.78, 5) is 10.4. The summed E-state index contributed by atoms with van der Waals surface area (Å²) >= 11 is 3.22. The van der Waals surface area contributed by atoms with Crippen LogP contribution in [0.5, 0.6) is 5.75 Å². The van der Waals surface area contributed by atoms with Crippen LogP contribution in [0.2, 0.25) is 0 Å². The minimum atomic E-state index is -0.582. The Bertz CT molecular complexity index is 467. The fourth-order valence-corrected chi connectivity index (χ4v) is 2.34. The second-order valence-electron chi connectivity index (χ2n) is 4.00. The van der Waals surface area contributed by atoms with Gasteiger partial charge in [-0.1, -0.05) is 6.07 Å². The lowest BCUT2D eigenvalue weighted by atomic mass is 9.88. The first kappa shape index (κ1) is 13.3. The van der Waals surface area contributed by atoms with E-state index in [1.165, 1.54) is 13.2 Å². The van der Waals surface area contributed by atoms with Crippen LogP contribution >= 0.6 is 15.9 Å². The first-order chi connectivity index (χ1) is 8.54. The van der Waals surface area contributed by atoms with Crippen LogP contribution in [0.15, 0.2) is 22.7 Å². The van der Waals surface area contributed by atoms with Gasteiger partial charge in [-0.05, 0) is 22.0 Å². The Hall–Kier alpha value is -1.18. The number of nitro benzene ring substituents is 1. The van der Waals surface area contributed by atoms with Gasteiger partial charge in [0.05, 0.1) is 15.5 Å². The number of benzene rings is 1. The number of para-hydroxylation sites is 1. The minimum Gasteiger partial charge on any atom is -0.480 e. The van der Waals surface area contributed by atoms with E-state index in [4.69, 9.17) is 9.47 Å². The van der Waals surface area contributed by atoms with E-state index in [1.54, 1.807) is 12.1 Å². The van der Waals surface area contributed by atoms with E-state index in [-0.39, 0.29) is 17.5 Å². The summed E-state index contributed by atoms with van der Waals surface area (Å²) in [5.74, 6) is 0.168. The maximum absolute atomic E-state index is 10.9. The molecule has 0 radical (unpaired) electrons. The Morgan fingerprint density at radius 3 is 2.83 bits per heavy atom. The van der Waals surface area contributed by atoms with Crippen molar-refractivity contribution < 1.29 is 19.5 Å². The van der Waals surface area contributed by atoms with E-state index < -0.39 is 17.1 Å². The highest BCUT2D eigenvalue weighted by Crippen LogP contribution is 2.38. The molecule has 2 rings (SSSR count). The molecule has 1 aliphatic carbocycles. The summed E-state index contributed by atoms with van der Waals surface area (Å²) in [7, 11) is 1.47. The largest absolute Gasteiger partial charge is 0.480 e. The Kier molecular flexibility index (Phi) is 3.84. The number of hydrogen-bond donors (Lipinski definition) is 1. The van der Waals surface area contributed by atoms with Crippen molar-refractivity contribution in [2.45, 2.75) is 24.7 Å². The number of aliphatic hydroxyl groups excluding tert-OH is 1. The number of rotatable bonds is 4. The molecule has 1 saturated carbocycles. The third-order valence-corrected chi connectivity index (χ3v) is 3.53. The standard InChI is InChI=1S/C11H12BrNO5/c1-17-11-8(14)5-9(11)18-10-6(12)3-2-4-7(10)13(15)16/h2-4,8-9,11,14H,5H2,1H3. The number of nitro groups is 1. The van der Waals surface area contributed by atoms with E-state index in [2.05, 4.69) is 15.9 Å². The van der Waals surface area contributed by atoms with Gasteiger partial charge in [0.15, 0.2) is 0 Å². The van der Waals surface area contributed by atoms with Gasteiger partial charge in [0.25, 0.3) is 0 Å². The predicted molar refractivity (Wildman–Crippen MR) is 66.6 cm³/mol. The number of methoxy groups -OCH3 is 1. The van der Waals surface area contributed by atoms with Gasteiger partial charge >= 0.3 is 5.69 Å². The first-order valence-corrected chi connectivity index (χ1v) is 6.14. The number of ether oxygens (including phenoxy) is 2. The van der Waals surface area contributed by atoms with Crippen molar-refractivity contribution in [1.82, 2.24) is 0 Å². The molecule has 1 fully saturated rings. The lowest BCUT2D eigenvalue weighted by Gasteiger charge is -2.39. The molecular formula is C11H12BrNO5. The fourth-order valence-electron chi connectivity index (χ4n) is 1.89. The van der Waals surface area contributed by atoms with Crippen molar-refractivity contribution in [3.8, 4) is 5.75 Å². The predicted octanol–water partition coefficient (Wildman–Crippen LogP) is 1.88. The van der Waals surface area contributed by atoms with Gasteiger partial charge in [-0.15, -0.1) is 0 Å². The van der Waals surface area contributed by atoms with E-state index in [9.17, 15) is 15.2 Å². The molecule has 0 bridgehead atoms. The average Bonchev–Trinajstić information content (AvgIpc) is 2.30. The van der Waals surface area contributed by atoms with Gasteiger partial charge in [0.2, 0.25) is 5.75 Å². The van der Waals surface area contributed by atoms with Crippen molar-refractivity contribution in [3.05, 3.63) is 32.8 Å². The lowest BCUT2D eigenvalue weighted by Crippen LogP contribution is -2.54. The van der Waals surface area contributed by atoms with Gasteiger partial charge in [-0.2, -0.15) is 0 Å². The zero-order valence-corrected chi connectivity index (χ0v) is 11.2. The van der Waals surface area contributed by atoms with Crippen molar-refractivity contribution in [1.29, 1.82) is 0 Å². The van der Waals surface area contributed by atoms with Crippen molar-refractivity contribution in [2.75, 3.05) is 7.11 Å². The summed E-state index contributed by atoms with van der Waals surface area (Å²) in [5.41, 5.74) is -0.111. The Labute approximate surface area is 112 Å². The smallest absolute Gasteiger partial charge is 0.312 e. The third-order valence-electron chi connectivity index (χ3n) is 2.90. The number of hydrogen-bond acceptors (Lipinski definition) is 5. The number of halogens is 1. The normalized spacial score (nSPS) is 26.5. The second-order valence-corrected chi connectivity index (χ2v) is 4.86. The quantitative estimate of drug-likeness (QED) is 0.677. The highest BCUT2D eigenvalue weighted by Gasteiger charge is 2.43. The summed E-state index contributed by atoms with van der Waals surface area (Å²) < 4.78 is 11.1. The molecule has 1 aromatic carbocycles. The van der Waals surface area contributed by atoms with Crippen LogP contribution in [0, 0.1) is 10.1 Å². The topological polar surface area (TPSA) is 81.8 Å². The lowest BCUT2D eigenvalue weighted by molar-refractivity contribution is -0.386. The molecule has 7 heteroatoms. The van der Waals surface area contributed by atoms with Crippen LogP contribution < -0.4 is 4.74 Å². The minimum absolute atomic E-state index is 0.111. The SMILES string of the molecule is COC1C(O)CC1Oc1c(Br)cccc1[N+](=O)[O-]. The highest BCUT2D eigenvalue weighted by molar-refractivity contribution is 9.10. The average molecular weight is 318 g/mol. The van der Waals surface area contributed by atoms with E-state index in [0.29, 0.717) is 10.9 Å². The van der Waals surface area contributed by atoms with Crippen LogP contribution in [0.25, 0.3) is 0 Å². The van der Waals surface area contributed by atoms with Crippen LogP contribution in [0.3, 0.4) is 0 Å². The van der Waals surface area contributed by atoms with E-state index in [0.717, 1.165) is 0 Å². The first-order valence-electron chi connectivity index (χ1n) is 5.35. The van der Waals surface area contributed by atoms with Crippen molar-refractivity contribution in [3.63, 3.8) is 0 Å². The molecule has 0 spiro atoms. The van der Waals surface area contributed by atoms with E-state index in [1.807, 2.05) is 0 Å². The molecule has 0 amide bonds. The van der Waals surface area contributed by atoms with Crippen molar-refractivity contribution in [2.24, 2.45) is 0 Å². The molecule has 1 aliphatic rings. The Morgan fingerprint density at radius 2 is 2.28 bits per heavy atom. The number of nitrogens with zero attached hydrogens (tertiary/aromatic N) is 1. The Balaban J connectivity index is 2.21. The molecule has 3 unspecified atom stereocenters. The van der Waals surface area contributed by atoms with Crippen molar-refractivity contribution >= 4 is 21.6 Å². The molecule has 6 nitrogen and oxygen atoms in total. The Morgan fingerprint density at radius 1 is 1.56 bits per heavy atom. The second kappa shape index (κ2) is 5.21. The molecule has 3 atom stereocenters. The molecule has 0 saturated heterocycles. The van der Waals surface area contributed by atoms with Crippen LogP contribution in [-0.4, -0.2) is 35.5 Å². The monoisotopic (exact) mass is 317 g/mol. The fraction of sp³-hybridized carbons (Fsp3) is 0.455. The molecule has 0 heterocycles. The van der Waals surface area contributed by atoms with Gasteiger partial charge in [-0.25, -0.2) is 0 Å². The summed E-state index contributed by atoms with van der Waals surface area (Å²) in [6.07, 6.45) is -1.00. The van der Waals surface area contributed by atoms with Crippen LogP contribution in [0.4, 0.5) is 5.69 Å². The molecule has 0 aromatic heterocycles. The molecule has 1 N–H and O–H groups in total. The van der Waals surface area contributed by atoms with Gasteiger partial charge < -0.3 is 14.6 Å². The van der Waals surface area contributed by atoms with Gasteiger partial charge in [0.1, 0.15) is 12.2 Å². The van der Waals surface area contributed by atoms with Gasteiger partial charge in [0, 0.05) is 19.6 Å². The zero-order valence-electron chi connectivity index (χ0n) is 9.58. The molecule has 18 heavy (non-hydrogen) atoms. The van der Waals surface area contributed by atoms with E-state index >= 15 is 0 Å². The van der Waals surface area contributed by atoms with Crippen LogP contribution in [0.1, 0.15) is 6.42 Å². The summed E-state index contributed by atoms with van der Waals surface area (Å²) in [6, 6.07) is 4.61. The highest BCUT2D eigenvalue weighted by atomic mass is 79.9.